The van der Waals surface area contributed by atoms with Crippen molar-refractivity contribution in [3.05, 3.63) is 30.1 Å². The zero-order valence-corrected chi connectivity index (χ0v) is 17.7. The third-order valence-electron chi connectivity index (χ3n) is 5.14. The van der Waals surface area contributed by atoms with Gasteiger partial charge in [0.05, 0.1) is 11.0 Å². The number of methoxy groups -OCH3 is 1. The number of imidazole rings is 1. The lowest BCUT2D eigenvalue weighted by atomic mass is 10.1. The molecule has 1 heterocycles. The van der Waals surface area contributed by atoms with Crippen LogP contribution in [0.15, 0.2) is 24.3 Å². The molecule has 5 nitrogen and oxygen atoms in total. The van der Waals surface area contributed by atoms with Crippen LogP contribution in [0.25, 0.3) is 11.0 Å². The molecule has 0 radical (unpaired) electrons. The summed E-state index contributed by atoms with van der Waals surface area (Å²) in [5, 5.41) is 2.89. The van der Waals surface area contributed by atoms with E-state index in [2.05, 4.69) is 35.0 Å². The molecule has 0 bridgehead atoms. The quantitative estimate of drug-likeness (QED) is 0.444. The Bertz CT molecular complexity index is 696. The first-order valence-electron chi connectivity index (χ1n) is 11.0. The molecule has 5 heteroatoms. The van der Waals surface area contributed by atoms with Crippen LogP contribution in [0.1, 0.15) is 70.5 Å². The van der Waals surface area contributed by atoms with Gasteiger partial charge in [-0.05, 0) is 25.0 Å². The number of nitrogens with one attached hydrogen (secondary N) is 1. The van der Waals surface area contributed by atoms with Crippen molar-refractivity contribution in [2.24, 2.45) is 0 Å². The van der Waals surface area contributed by atoms with Crippen molar-refractivity contribution in [2.75, 3.05) is 20.3 Å². The van der Waals surface area contributed by atoms with Crippen LogP contribution >= 0.6 is 0 Å². The van der Waals surface area contributed by atoms with Crippen molar-refractivity contribution in [3.8, 4) is 0 Å². The third kappa shape index (κ3) is 7.63. The van der Waals surface area contributed by atoms with Crippen LogP contribution in [0.4, 0.5) is 0 Å². The fourth-order valence-electron chi connectivity index (χ4n) is 3.63. The van der Waals surface area contributed by atoms with Gasteiger partial charge >= 0.3 is 0 Å². The Hall–Kier alpha value is -1.88. The molecule has 0 saturated heterocycles. The molecule has 0 unspecified atom stereocenters. The molecule has 1 aromatic carbocycles. The lowest BCUT2D eigenvalue weighted by Crippen LogP contribution is -2.28. The van der Waals surface area contributed by atoms with Gasteiger partial charge < -0.3 is 14.6 Å². The van der Waals surface area contributed by atoms with E-state index in [1.54, 1.807) is 0 Å². The van der Waals surface area contributed by atoms with Crippen LogP contribution in [0, 0.1) is 0 Å². The highest BCUT2D eigenvalue weighted by atomic mass is 16.5. The molecular formula is C23H37N3O2. The van der Waals surface area contributed by atoms with Crippen LogP contribution in [-0.4, -0.2) is 35.7 Å². The maximum Gasteiger partial charge on any atom is 0.245 e. The molecule has 2 aromatic rings. The predicted octanol–water partition coefficient (Wildman–Crippen LogP) is 4.87. The van der Waals surface area contributed by atoms with Gasteiger partial charge in [0.15, 0.2) is 0 Å². The molecule has 0 saturated carbocycles. The average molecular weight is 388 g/mol. The summed E-state index contributed by atoms with van der Waals surface area (Å²) in [6.45, 7) is 4.07. The fraction of sp³-hybridized carbons (Fsp3) is 0.652. The van der Waals surface area contributed by atoms with E-state index in [-0.39, 0.29) is 12.5 Å². The standard InChI is InChI=1S/C23H37N3O2/c1-3-4-5-6-7-8-9-12-18-26-21-15-11-10-14-20(21)25-22(26)16-13-17-24-23(27)19-28-2/h10-11,14-15H,3-9,12-13,16-19H2,1-2H3,(H,24,27). The SMILES string of the molecule is CCCCCCCCCCn1c(CCCNC(=O)COC)nc2ccccc21. The maximum absolute atomic E-state index is 11.5. The lowest BCUT2D eigenvalue weighted by Gasteiger charge is -2.10. The number of fused-ring (bicyclic) bond motifs is 1. The molecule has 1 N–H and O–H groups in total. The molecule has 156 valence electrons. The molecule has 1 amide bonds. The first kappa shape index (κ1) is 22.4. The number of carbonyl (C=O) groups excluding carboxylic acids is 1. The normalized spacial score (nSPS) is 11.2. The molecule has 0 aliphatic carbocycles. The minimum absolute atomic E-state index is 0.0602. The molecule has 0 atom stereocenters. The van der Waals surface area contributed by atoms with Crippen molar-refractivity contribution in [3.63, 3.8) is 0 Å². The van der Waals surface area contributed by atoms with Gasteiger partial charge in [-0.15, -0.1) is 0 Å². The van der Waals surface area contributed by atoms with Crippen molar-refractivity contribution in [1.82, 2.24) is 14.9 Å². The number of benzene rings is 1. The third-order valence-corrected chi connectivity index (χ3v) is 5.14. The molecule has 0 spiro atoms. The van der Waals surface area contributed by atoms with E-state index in [9.17, 15) is 4.79 Å². The number of amides is 1. The van der Waals surface area contributed by atoms with Crippen molar-refractivity contribution < 1.29 is 9.53 Å². The van der Waals surface area contributed by atoms with Gasteiger partial charge in [-0.2, -0.15) is 0 Å². The largest absolute Gasteiger partial charge is 0.375 e. The van der Waals surface area contributed by atoms with Gasteiger partial charge in [0.1, 0.15) is 12.4 Å². The zero-order chi connectivity index (χ0) is 20.0. The van der Waals surface area contributed by atoms with Crippen LogP contribution in [0.3, 0.4) is 0 Å². The average Bonchev–Trinajstić information content (AvgIpc) is 3.05. The number of para-hydroxylation sites is 2. The van der Waals surface area contributed by atoms with Gasteiger partial charge in [-0.1, -0.05) is 64.0 Å². The van der Waals surface area contributed by atoms with Crippen LogP contribution in [-0.2, 0) is 22.5 Å². The molecule has 0 aliphatic heterocycles. The van der Waals surface area contributed by atoms with Gasteiger partial charge in [-0.3, -0.25) is 4.79 Å². The molecular weight excluding hydrogens is 350 g/mol. The van der Waals surface area contributed by atoms with E-state index < -0.39 is 0 Å². The maximum atomic E-state index is 11.5. The molecule has 0 fully saturated rings. The molecule has 2 rings (SSSR count). The van der Waals surface area contributed by atoms with Gasteiger partial charge in [0.25, 0.3) is 0 Å². The van der Waals surface area contributed by atoms with Crippen LogP contribution in [0.2, 0.25) is 0 Å². The van der Waals surface area contributed by atoms with E-state index in [0.717, 1.165) is 30.7 Å². The van der Waals surface area contributed by atoms with E-state index in [0.29, 0.717) is 6.54 Å². The van der Waals surface area contributed by atoms with Gasteiger partial charge in [0.2, 0.25) is 5.91 Å². The van der Waals surface area contributed by atoms with Crippen LogP contribution < -0.4 is 5.32 Å². The highest BCUT2D eigenvalue weighted by molar-refractivity contribution is 5.77. The monoisotopic (exact) mass is 387 g/mol. The molecule has 28 heavy (non-hydrogen) atoms. The number of aromatic nitrogens is 2. The Morgan fingerprint density at radius 2 is 1.75 bits per heavy atom. The molecule has 0 aliphatic rings. The smallest absolute Gasteiger partial charge is 0.245 e. The second kappa shape index (κ2) is 13.3. The topological polar surface area (TPSA) is 56.2 Å². The summed E-state index contributed by atoms with van der Waals surface area (Å²) in [5.41, 5.74) is 2.30. The summed E-state index contributed by atoms with van der Waals surface area (Å²) in [6.07, 6.45) is 12.4. The minimum Gasteiger partial charge on any atom is -0.375 e. The Kier molecular flexibility index (Phi) is 10.7. The number of rotatable bonds is 15. The fourth-order valence-corrected chi connectivity index (χ4v) is 3.63. The number of hydrogen-bond acceptors (Lipinski definition) is 3. The first-order valence-corrected chi connectivity index (χ1v) is 11.0. The van der Waals surface area contributed by atoms with E-state index in [4.69, 9.17) is 9.72 Å². The summed E-state index contributed by atoms with van der Waals surface area (Å²) in [6, 6.07) is 8.38. The van der Waals surface area contributed by atoms with Crippen LogP contribution in [0.5, 0.6) is 0 Å². The second-order valence-electron chi connectivity index (χ2n) is 7.53. The van der Waals surface area contributed by atoms with E-state index in [1.165, 1.54) is 64.0 Å². The van der Waals surface area contributed by atoms with Crippen molar-refractivity contribution >= 4 is 16.9 Å². The number of nitrogens with zero attached hydrogens (tertiary/aromatic N) is 2. The van der Waals surface area contributed by atoms with Gasteiger partial charge in [-0.25, -0.2) is 4.98 Å². The molecule has 1 aromatic heterocycles. The summed E-state index contributed by atoms with van der Waals surface area (Å²) in [5.74, 6) is 1.07. The summed E-state index contributed by atoms with van der Waals surface area (Å²) in [4.78, 5) is 16.3. The number of carbonyl (C=O) groups is 1. The van der Waals surface area contributed by atoms with Gasteiger partial charge in [0, 0.05) is 26.6 Å². The predicted molar refractivity (Wildman–Crippen MR) is 116 cm³/mol. The second-order valence-corrected chi connectivity index (χ2v) is 7.53. The summed E-state index contributed by atoms with van der Waals surface area (Å²) >= 11 is 0. The van der Waals surface area contributed by atoms with Crippen molar-refractivity contribution in [1.29, 1.82) is 0 Å². The Labute approximate surface area is 169 Å². The number of ether oxygens (including phenoxy) is 1. The highest BCUT2D eigenvalue weighted by Crippen LogP contribution is 2.19. The summed E-state index contributed by atoms with van der Waals surface area (Å²) < 4.78 is 7.22. The van der Waals surface area contributed by atoms with E-state index >= 15 is 0 Å². The lowest BCUT2D eigenvalue weighted by molar-refractivity contribution is -0.124. The highest BCUT2D eigenvalue weighted by Gasteiger charge is 2.10. The summed E-state index contributed by atoms with van der Waals surface area (Å²) in [7, 11) is 1.53. The number of hydrogen-bond donors (Lipinski definition) is 1. The zero-order valence-electron chi connectivity index (χ0n) is 17.7. The Balaban J connectivity index is 1.81. The Morgan fingerprint density at radius 1 is 1.04 bits per heavy atom. The first-order chi connectivity index (χ1) is 13.8. The number of unbranched alkanes of at least 4 members (excludes halogenated alkanes) is 7. The van der Waals surface area contributed by atoms with E-state index in [1.807, 2.05) is 6.07 Å². The number of aryl methyl sites for hydroxylation is 2. The van der Waals surface area contributed by atoms with Crippen molar-refractivity contribution in [2.45, 2.75) is 77.7 Å². The Morgan fingerprint density at radius 3 is 2.50 bits per heavy atom. The minimum atomic E-state index is -0.0602.